The molecule has 4 aromatic rings. The highest BCUT2D eigenvalue weighted by molar-refractivity contribution is 8.13. The first kappa shape index (κ1) is 22.8. The summed E-state index contributed by atoms with van der Waals surface area (Å²) in [5.41, 5.74) is 6.58. The lowest BCUT2D eigenvalue weighted by Gasteiger charge is -2.25. The Balaban J connectivity index is 1.28. The van der Waals surface area contributed by atoms with Crippen molar-refractivity contribution in [3.63, 3.8) is 0 Å². The van der Waals surface area contributed by atoms with Gasteiger partial charge < -0.3 is 4.98 Å². The molecule has 6 rings (SSSR count). The molecule has 180 valence electrons. The zero-order chi connectivity index (χ0) is 24.9. The summed E-state index contributed by atoms with van der Waals surface area (Å²) in [7, 11) is 0. The predicted octanol–water partition coefficient (Wildman–Crippen LogP) is 6.60. The number of para-hydroxylation sites is 2. The zero-order valence-electron chi connectivity index (χ0n) is 20.7. The number of aliphatic imine (C=N–C) groups is 2. The van der Waals surface area contributed by atoms with Crippen LogP contribution in [0, 0.1) is 0 Å². The number of nitrogens with zero attached hydrogens (tertiary/aromatic N) is 3. The Morgan fingerprint density at radius 2 is 1.72 bits per heavy atom. The molecule has 1 amide bonds. The normalized spacial score (nSPS) is 17.1. The van der Waals surface area contributed by atoms with E-state index in [0.717, 1.165) is 33.5 Å². The van der Waals surface area contributed by atoms with Gasteiger partial charge in [-0.05, 0) is 40.3 Å². The van der Waals surface area contributed by atoms with Crippen LogP contribution in [0.3, 0.4) is 0 Å². The fourth-order valence-electron chi connectivity index (χ4n) is 4.79. The number of carbonyl (C=O) groups excluding carboxylic acids is 1. The van der Waals surface area contributed by atoms with Crippen molar-refractivity contribution in [3.8, 4) is 0 Å². The van der Waals surface area contributed by atoms with E-state index >= 15 is 0 Å². The van der Waals surface area contributed by atoms with E-state index in [1.807, 2.05) is 42.6 Å². The number of aromatic nitrogens is 1. The van der Waals surface area contributed by atoms with Gasteiger partial charge in [-0.1, -0.05) is 87.1 Å². The highest BCUT2D eigenvalue weighted by atomic mass is 32.2. The summed E-state index contributed by atoms with van der Waals surface area (Å²) in [6, 6.07) is 24.4. The van der Waals surface area contributed by atoms with Crippen molar-refractivity contribution < 1.29 is 4.79 Å². The highest BCUT2D eigenvalue weighted by Gasteiger charge is 2.41. The van der Waals surface area contributed by atoms with Crippen LogP contribution in [0.5, 0.6) is 0 Å². The van der Waals surface area contributed by atoms with Crippen molar-refractivity contribution in [2.75, 3.05) is 0 Å². The van der Waals surface area contributed by atoms with E-state index in [1.165, 1.54) is 11.1 Å². The first-order valence-electron chi connectivity index (χ1n) is 12.3. The molecule has 0 bridgehead atoms. The molecule has 36 heavy (non-hydrogen) atoms. The van der Waals surface area contributed by atoms with Gasteiger partial charge in [-0.3, -0.25) is 9.79 Å². The van der Waals surface area contributed by atoms with Gasteiger partial charge in [0.2, 0.25) is 0 Å². The van der Waals surface area contributed by atoms with E-state index < -0.39 is 6.04 Å². The number of benzene rings is 3. The number of amidine groups is 2. The molecule has 0 radical (unpaired) electrons. The van der Waals surface area contributed by atoms with Gasteiger partial charge in [0.05, 0.1) is 5.69 Å². The Hall–Kier alpha value is -3.64. The molecule has 0 fully saturated rings. The SMILES string of the molecule is CC(C)(C)c1ccc(CSC2=Nc3ccccc3C3=NC(Cc4c[nH]c5ccccc45)C(=O)N23)cc1. The van der Waals surface area contributed by atoms with Gasteiger partial charge in [-0.2, -0.15) is 0 Å². The number of hydrogen-bond acceptors (Lipinski definition) is 4. The minimum Gasteiger partial charge on any atom is -0.361 e. The van der Waals surface area contributed by atoms with Crippen LogP contribution in [0.4, 0.5) is 5.69 Å². The number of hydrogen-bond donors (Lipinski definition) is 1. The van der Waals surface area contributed by atoms with E-state index in [2.05, 4.69) is 62.2 Å². The maximum Gasteiger partial charge on any atom is 0.259 e. The number of carbonyl (C=O) groups is 1. The highest BCUT2D eigenvalue weighted by Crippen LogP contribution is 2.35. The van der Waals surface area contributed by atoms with Crippen molar-refractivity contribution >= 4 is 45.3 Å². The third-order valence-electron chi connectivity index (χ3n) is 6.82. The van der Waals surface area contributed by atoms with Crippen molar-refractivity contribution in [2.45, 2.75) is 44.4 Å². The number of thioether (sulfide) groups is 1. The molecular weight excluding hydrogens is 464 g/mol. The Labute approximate surface area is 215 Å². The van der Waals surface area contributed by atoms with Crippen LogP contribution in [0.15, 0.2) is 89.0 Å². The van der Waals surface area contributed by atoms with E-state index in [1.54, 1.807) is 16.7 Å². The Bertz CT molecular complexity index is 1520. The molecule has 1 atom stereocenters. The zero-order valence-corrected chi connectivity index (χ0v) is 21.5. The number of rotatable bonds is 4. The van der Waals surface area contributed by atoms with Crippen LogP contribution in [-0.4, -0.2) is 32.8 Å². The van der Waals surface area contributed by atoms with Gasteiger partial charge >= 0.3 is 0 Å². The molecule has 0 aliphatic carbocycles. The first-order valence-corrected chi connectivity index (χ1v) is 13.2. The van der Waals surface area contributed by atoms with Crippen LogP contribution in [0.1, 0.15) is 43.0 Å². The predicted molar refractivity (Wildman–Crippen MR) is 149 cm³/mol. The van der Waals surface area contributed by atoms with Crippen molar-refractivity contribution in [3.05, 3.63) is 101 Å². The molecule has 1 unspecified atom stereocenters. The van der Waals surface area contributed by atoms with Crippen LogP contribution in [0.25, 0.3) is 10.9 Å². The Kier molecular flexibility index (Phi) is 5.56. The summed E-state index contributed by atoms with van der Waals surface area (Å²) in [5.74, 6) is 1.43. The summed E-state index contributed by atoms with van der Waals surface area (Å²) in [6.45, 7) is 6.66. The maximum atomic E-state index is 13.7. The quantitative estimate of drug-likeness (QED) is 0.349. The lowest BCUT2D eigenvalue weighted by atomic mass is 9.87. The van der Waals surface area contributed by atoms with Gasteiger partial charge in [0.25, 0.3) is 5.91 Å². The van der Waals surface area contributed by atoms with Gasteiger partial charge in [-0.25, -0.2) is 9.89 Å². The standard InChI is InChI=1S/C30H28N4OS/c1-30(2,3)21-14-12-19(13-15-21)18-36-29-33-25-11-7-5-9-23(25)27-32-26(28(35)34(27)29)16-20-17-31-24-10-6-4-8-22(20)24/h4-15,17,26,31H,16,18H2,1-3H3. The lowest BCUT2D eigenvalue weighted by Crippen LogP contribution is -2.41. The largest absolute Gasteiger partial charge is 0.361 e. The van der Waals surface area contributed by atoms with E-state index in [4.69, 9.17) is 9.98 Å². The molecule has 2 aliphatic heterocycles. The van der Waals surface area contributed by atoms with Crippen LogP contribution < -0.4 is 0 Å². The molecule has 3 aromatic carbocycles. The van der Waals surface area contributed by atoms with Crippen molar-refractivity contribution in [1.82, 2.24) is 9.88 Å². The molecule has 3 heterocycles. The molecule has 0 spiro atoms. The monoisotopic (exact) mass is 492 g/mol. The first-order chi connectivity index (χ1) is 17.4. The number of nitrogens with one attached hydrogen (secondary N) is 1. The Morgan fingerprint density at radius 1 is 0.972 bits per heavy atom. The molecule has 2 aliphatic rings. The van der Waals surface area contributed by atoms with Crippen LogP contribution in [0.2, 0.25) is 0 Å². The van der Waals surface area contributed by atoms with Gasteiger partial charge in [0, 0.05) is 34.8 Å². The molecule has 1 N–H and O–H groups in total. The molecule has 6 heteroatoms. The molecule has 0 saturated carbocycles. The van der Waals surface area contributed by atoms with Crippen molar-refractivity contribution in [1.29, 1.82) is 0 Å². The summed E-state index contributed by atoms with van der Waals surface area (Å²) in [4.78, 5) is 28.6. The third-order valence-corrected chi connectivity index (χ3v) is 7.83. The van der Waals surface area contributed by atoms with E-state index in [9.17, 15) is 4.79 Å². The number of aromatic amines is 1. The van der Waals surface area contributed by atoms with E-state index in [-0.39, 0.29) is 11.3 Å². The summed E-state index contributed by atoms with van der Waals surface area (Å²) < 4.78 is 0. The topological polar surface area (TPSA) is 60.8 Å². The molecule has 1 aromatic heterocycles. The minimum absolute atomic E-state index is 0.0147. The van der Waals surface area contributed by atoms with Gasteiger partial charge in [0.15, 0.2) is 5.17 Å². The maximum absolute atomic E-state index is 13.7. The summed E-state index contributed by atoms with van der Waals surface area (Å²) in [6.07, 6.45) is 2.55. The average molecular weight is 493 g/mol. The second-order valence-electron chi connectivity index (χ2n) is 10.4. The second kappa shape index (κ2) is 8.79. The molecule has 5 nitrogen and oxygen atoms in total. The van der Waals surface area contributed by atoms with Gasteiger partial charge in [-0.15, -0.1) is 0 Å². The fraction of sp³-hybridized carbons (Fsp3) is 0.233. The number of amides is 1. The molecule has 0 saturated heterocycles. The van der Waals surface area contributed by atoms with Crippen molar-refractivity contribution in [2.24, 2.45) is 9.98 Å². The fourth-order valence-corrected chi connectivity index (χ4v) is 5.75. The third kappa shape index (κ3) is 4.05. The average Bonchev–Trinajstić information content (AvgIpc) is 3.44. The minimum atomic E-state index is -0.470. The van der Waals surface area contributed by atoms with E-state index in [0.29, 0.717) is 17.4 Å². The van der Waals surface area contributed by atoms with Crippen LogP contribution >= 0.6 is 11.8 Å². The summed E-state index contributed by atoms with van der Waals surface area (Å²) >= 11 is 1.59. The lowest BCUT2D eigenvalue weighted by molar-refractivity contribution is -0.124. The Morgan fingerprint density at radius 3 is 2.53 bits per heavy atom. The second-order valence-corrected chi connectivity index (χ2v) is 11.3. The van der Waals surface area contributed by atoms with Crippen LogP contribution in [-0.2, 0) is 22.4 Å². The summed E-state index contributed by atoms with van der Waals surface area (Å²) in [5, 5.41) is 1.83. The molecular formula is C30H28N4OS. The van der Waals surface area contributed by atoms with Gasteiger partial charge in [0.1, 0.15) is 11.9 Å². The smallest absolute Gasteiger partial charge is 0.259 e. The number of H-pyrrole nitrogens is 1. The number of fused-ring (bicyclic) bond motifs is 4.